The minimum Gasteiger partial charge on any atom is -0.393 e. The maximum atomic E-state index is 8.92. The number of hydrogen-bond acceptors (Lipinski definition) is 4. The third kappa shape index (κ3) is 3.08. The van der Waals surface area contributed by atoms with E-state index in [9.17, 15) is 0 Å². The Kier molecular flexibility index (Phi) is 2.97. The third-order valence-electron chi connectivity index (χ3n) is 1.40. The molecule has 1 aromatic heterocycles. The van der Waals surface area contributed by atoms with Crippen molar-refractivity contribution in [3.63, 3.8) is 0 Å². The van der Waals surface area contributed by atoms with Gasteiger partial charge in [-0.2, -0.15) is 0 Å². The van der Waals surface area contributed by atoms with Crippen LogP contribution < -0.4 is 0 Å². The predicted octanol–water partition coefficient (Wildman–Crippen LogP) is -0.166. The van der Waals surface area contributed by atoms with Crippen LogP contribution in [0.1, 0.15) is 19.8 Å². The van der Waals surface area contributed by atoms with Crippen LogP contribution in [-0.4, -0.2) is 31.4 Å². The van der Waals surface area contributed by atoms with Crippen molar-refractivity contribution in [3.8, 4) is 0 Å². The summed E-state index contributed by atoms with van der Waals surface area (Å²) in [5, 5.41) is 19.6. The Bertz CT molecular complexity index is 184. The smallest absolute Gasteiger partial charge is 0.138 e. The Hall–Kier alpha value is -0.970. The third-order valence-corrected chi connectivity index (χ3v) is 1.40. The minimum absolute atomic E-state index is 0.230. The summed E-state index contributed by atoms with van der Waals surface area (Å²) in [5.41, 5.74) is 0. The molecule has 0 unspecified atom stereocenters. The predicted molar refractivity (Wildman–Crippen MR) is 38.7 cm³/mol. The van der Waals surface area contributed by atoms with Crippen LogP contribution in [0.4, 0.5) is 0 Å². The molecule has 0 aromatic carbocycles. The highest BCUT2D eigenvalue weighted by atomic mass is 16.3. The van der Waals surface area contributed by atoms with Crippen LogP contribution >= 0.6 is 0 Å². The average Bonchev–Trinajstić information content (AvgIpc) is 2.39. The summed E-state index contributed by atoms with van der Waals surface area (Å²) in [6.07, 6.45) is 3.04. The molecule has 5 nitrogen and oxygen atoms in total. The van der Waals surface area contributed by atoms with Crippen molar-refractivity contribution in [3.05, 3.63) is 6.33 Å². The first-order valence-corrected chi connectivity index (χ1v) is 3.68. The lowest BCUT2D eigenvalue weighted by Crippen LogP contribution is -2.04. The minimum atomic E-state index is -0.230. The van der Waals surface area contributed by atoms with E-state index in [1.165, 1.54) is 0 Å². The molecule has 0 radical (unpaired) electrons. The first-order chi connectivity index (χ1) is 5.29. The molecule has 0 aliphatic heterocycles. The van der Waals surface area contributed by atoms with E-state index in [1.807, 2.05) is 0 Å². The lowest BCUT2D eigenvalue weighted by atomic mass is 10.2. The Morgan fingerprint density at radius 2 is 2.45 bits per heavy atom. The molecule has 0 aliphatic rings. The highest BCUT2D eigenvalue weighted by molar-refractivity contribution is 4.50. The number of tetrazole rings is 1. The lowest BCUT2D eigenvalue weighted by Gasteiger charge is -2.01. The molecule has 0 saturated carbocycles. The molecule has 0 aliphatic carbocycles. The van der Waals surface area contributed by atoms with E-state index >= 15 is 0 Å². The van der Waals surface area contributed by atoms with Crippen LogP contribution in [0.5, 0.6) is 0 Å². The molecule has 5 heteroatoms. The number of hydrogen-bond donors (Lipinski definition) is 1. The molecular weight excluding hydrogens is 144 g/mol. The lowest BCUT2D eigenvalue weighted by molar-refractivity contribution is 0.179. The Balaban J connectivity index is 2.14. The Morgan fingerprint density at radius 3 is 3.00 bits per heavy atom. The van der Waals surface area contributed by atoms with Crippen LogP contribution in [0.3, 0.4) is 0 Å². The van der Waals surface area contributed by atoms with Crippen LogP contribution in [0.2, 0.25) is 0 Å². The molecule has 0 bridgehead atoms. The zero-order valence-corrected chi connectivity index (χ0v) is 6.51. The summed E-state index contributed by atoms with van der Waals surface area (Å²) in [5.74, 6) is 0. The van der Waals surface area contributed by atoms with Gasteiger partial charge in [0.2, 0.25) is 0 Å². The van der Waals surface area contributed by atoms with Gasteiger partial charge < -0.3 is 5.11 Å². The van der Waals surface area contributed by atoms with E-state index < -0.39 is 0 Å². The number of aliphatic hydroxyl groups excluding tert-OH is 1. The van der Waals surface area contributed by atoms with E-state index in [1.54, 1.807) is 17.9 Å². The summed E-state index contributed by atoms with van der Waals surface area (Å²) in [6, 6.07) is 0. The van der Waals surface area contributed by atoms with Crippen LogP contribution in [-0.2, 0) is 6.54 Å². The van der Waals surface area contributed by atoms with Crippen molar-refractivity contribution in [1.82, 2.24) is 20.2 Å². The second kappa shape index (κ2) is 4.02. The number of nitrogens with zero attached hydrogens (tertiary/aromatic N) is 4. The van der Waals surface area contributed by atoms with Gasteiger partial charge in [-0.1, -0.05) is 0 Å². The molecule has 62 valence electrons. The van der Waals surface area contributed by atoms with Gasteiger partial charge >= 0.3 is 0 Å². The highest BCUT2D eigenvalue weighted by Gasteiger charge is 1.96. The van der Waals surface area contributed by atoms with Crippen molar-refractivity contribution in [1.29, 1.82) is 0 Å². The Labute approximate surface area is 65.0 Å². The first-order valence-electron chi connectivity index (χ1n) is 3.68. The number of rotatable bonds is 4. The first kappa shape index (κ1) is 8.13. The summed E-state index contributed by atoms with van der Waals surface area (Å²) < 4.78 is 1.66. The van der Waals surface area contributed by atoms with Gasteiger partial charge in [-0.15, -0.1) is 5.10 Å². The van der Waals surface area contributed by atoms with Crippen LogP contribution in [0, 0.1) is 0 Å². The number of aliphatic hydroxyl groups is 1. The van der Waals surface area contributed by atoms with Crippen molar-refractivity contribution >= 4 is 0 Å². The number of aryl methyl sites for hydroxylation is 1. The molecular formula is C6H12N4O. The molecule has 0 fully saturated rings. The largest absolute Gasteiger partial charge is 0.393 e. The molecule has 1 N–H and O–H groups in total. The zero-order chi connectivity index (χ0) is 8.10. The molecule has 11 heavy (non-hydrogen) atoms. The summed E-state index contributed by atoms with van der Waals surface area (Å²) >= 11 is 0. The number of aromatic nitrogens is 4. The van der Waals surface area contributed by atoms with Crippen molar-refractivity contribution in [2.24, 2.45) is 0 Å². The van der Waals surface area contributed by atoms with Crippen molar-refractivity contribution < 1.29 is 5.11 Å². The fourth-order valence-electron chi connectivity index (χ4n) is 0.831. The SMILES string of the molecule is C[C@H](O)CCCn1cnnn1. The van der Waals surface area contributed by atoms with E-state index in [4.69, 9.17) is 5.11 Å². The molecule has 0 saturated heterocycles. The topological polar surface area (TPSA) is 63.8 Å². The average molecular weight is 156 g/mol. The second-order valence-corrected chi connectivity index (χ2v) is 2.56. The molecule has 0 amide bonds. The zero-order valence-electron chi connectivity index (χ0n) is 6.51. The molecule has 1 rings (SSSR count). The van der Waals surface area contributed by atoms with Gasteiger partial charge in [0.1, 0.15) is 6.33 Å². The fourth-order valence-corrected chi connectivity index (χ4v) is 0.831. The van der Waals surface area contributed by atoms with Crippen LogP contribution in [0.15, 0.2) is 6.33 Å². The van der Waals surface area contributed by atoms with Gasteiger partial charge in [0, 0.05) is 6.54 Å². The highest BCUT2D eigenvalue weighted by Crippen LogP contribution is 1.96. The molecule has 1 atom stereocenters. The fraction of sp³-hybridized carbons (Fsp3) is 0.833. The molecule has 0 spiro atoms. The van der Waals surface area contributed by atoms with E-state index in [0.717, 1.165) is 19.4 Å². The van der Waals surface area contributed by atoms with Crippen LogP contribution in [0.25, 0.3) is 0 Å². The maximum absolute atomic E-state index is 8.92. The Morgan fingerprint density at radius 1 is 1.64 bits per heavy atom. The van der Waals surface area contributed by atoms with Gasteiger partial charge in [-0.25, -0.2) is 4.68 Å². The van der Waals surface area contributed by atoms with E-state index in [-0.39, 0.29) is 6.10 Å². The molecule has 1 aromatic rings. The van der Waals surface area contributed by atoms with Gasteiger partial charge in [0.25, 0.3) is 0 Å². The normalized spacial score (nSPS) is 13.3. The quantitative estimate of drug-likeness (QED) is 0.657. The van der Waals surface area contributed by atoms with E-state index in [0.29, 0.717) is 0 Å². The van der Waals surface area contributed by atoms with Crippen molar-refractivity contribution in [2.75, 3.05) is 0 Å². The van der Waals surface area contributed by atoms with Gasteiger partial charge in [-0.3, -0.25) is 0 Å². The van der Waals surface area contributed by atoms with Gasteiger partial charge in [0.05, 0.1) is 6.10 Å². The van der Waals surface area contributed by atoms with E-state index in [2.05, 4.69) is 15.5 Å². The van der Waals surface area contributed by atoms with Gasteiger partial charge in [-0.05, 0) is 30.2 Å². The summed E-state index contributed by atoms with van der Waals surface area (Å²) in [6.45, 7) is 2.55. The van der Waals surface area contributed by atoms with Crippen molar-refractivity contribution in [2.45, 2.75) is 32.4 Å². The monoisotopic (exact) mass is 156 g/mol. The second-order valence-electron chi connectivity index (χ2n) is 2.56. The maximum Gasteiger partial charge on any atom is 0.138 e. The summed E-state index contributed by atoms with van der Waals surface area (Å²) in [4.78, 5) is 0. The standard InChI is InChI=1S/C6H12N4O/c1-6(11)3-2-4-10-5-7-8-9-10/h5-6,11H,2-4H2,1H3/t6-/m0/s1. The summed E-state index contributed by atoms with van der Waals surface area (Å²) in [7, 11) is 0. The van der Waals surface area contributed by atoms with Gasteiger partial charge in [0.15, 0.2) is 0 Å². The molecule has 1 heterocycles.